The molecule has 1 amide bonds. The van der Waals surface area contributed by atoms with E-state index in [0.717, 1.165) is 55.6 Å². The van der Waals surface area contributed by atoms with Crippen molar-refractivity contribution in [1.82, 2.24) is 4.90 Å². The first-order chi connectivity index (χ1) is 19.6. The molecule has 1 fully saturated rings. The lowest BCUT2D eigenvalue weighted by atomic mass is 9.78. The van der Waals surface area contributed by atoms with E-state index in [1.165, 1.54) is 51.6 Å². The molecule has 0 spiro atoms. The number of benzene rings is 4. The van der Waals surface area contributed by atoms with Crippen molar-refractivity contribution in [2.45, 2.75) is 32.1 Å². The predicted octanol–water partition coefficient (Wildman–Crippen LogP) is 7.58. The van der Waals surface area contributed by atoms with Crippen LogP contribution in [-0.4, -0.2) is 37.0 Å². The number of piperazine rings is 1. The van der Waals surface area contributed by atoms with E-state index in [9.17, 15) is 9.18 Å². The van der Waals surface area contributed by atoms with Crippen LogP contribution in [0.4, 0.5) is 10.1 Å². The molecule has 0 N–H and O–H groups in total. The molecule has 0 unspecified atom stereocenters. The maximum Gasteiger partial charge on any atom is 0.253 e. The number of carbonyl (C=O) groups excluding carboxylic acids is 1. The molecule has 2 aliphatic carbocycles. The van der Waals surface area contributed by atoms with Gasteiger partial charge in [-0.1, -0.05) is 60.2 Å². The van der Waals surface area contributed by atoms with Crippen LogP contribution in [0.5, 0.6) is 0 Å². The van der Waals surface area contributed by atoms with Crippen molar-refractivity contribution in [3.8, 4) is 0 Å². The molecule has 7 rings (SSSR count). The number of carbonyl (C=O) groups is 1. The van der Waals surface area contributed by atoms with Crippen LogP contribution in [0.3, 0.4) is 0 Å². The van der Waals surface area contributed by atoms with E-state index in [4.69, 9.17) is 0 Å². The summed E-state index contributed by atoms with van der Waals surface area (Å²) >= 11 is 0. The maximum atomic E-state index is 13.5. The van der Waals surface area contributed by atoms with Crippen LogP contribution in [-0.2, 0) is 12.8 Å². The Balaban J connectivity index is 1.12. The van der Waals surface area contributed by atoms with Gasteiger partial charge in [0.25, 0.3) is 5.91 Å². The fourth-order valence-corrected chi connectivity index (χ4v) is 6.76. The molecule has 4 aromatic carbocycles. The Hall–Kier alpha value is -4.18. The van der Waals surface area contributed by atoms with Crippen molar-refractivity contribution >= 4 is 27.9 Å². The van der Waals surface area contributed by atoms with Gasteiger partial charge < -0.3 is 9.80 Å². The van der Waals surface area contributed by atoms with Crippen LogP contribution in [0.25, 0.3) is 16.3 Å². The summed E-state index contributed by atoms with van der Waals surface area (Å²) < 4.78 is 13.3. The zero-order valence-electron chi connectivity index (χ0n) is 22.7. The second kappa shape index (κ2) is 10.4. The molecule has 3 aliphatic rings. The van der Waals surface area contributed by atoms with E-state index in [1.807, 2.05) is 29.2 Å². The number of nitrogens with zero attached hydrogens (tertiary/aromatic N) is 2. The number of rotatable bonds is 4. The van der Waals surface area contributed by atoms with E-state index in [-0.39, 0.29) is 11.7 Å². The molecule has 200 valence electrons. The fraction of sp³-hybridized carbons (Fsp3) is 0.250. The molecule has 0 bridgehead atoms. The zero-order valence-corrected chi connectivity index (χ0v) is 22.7. The first-order valence-electron chi connectivity index (χ1n) is 14.5. The van der Waals surface area contributed by atoms with Crippen molar-refractivity contribution in [2.75, 3.05) is 31.1 Å². The van der Waals surface area contributed by atoms with Gasteiger partial charge in [0.2, 0.25) is 0 Å². The van der Waals surface area contributed by atoms with Crippen LogP contribution in [0.2, 0.25) is 0 Å². The number of halogens is 1. The summed E-state index contributed by atoms with van der Waals surface area (Å²) in [5.41, 5.74) is 10.2. The standard InChI is InChI=1S/C36H33FN2O/c37-30-13-15-31(16-14-30)38-19-21-39(22-20-38)36(40)29-9-3-5-25(24-29)23-28-8-4-7-27-12-17-33-32-10-2-1-6-26(32)11-18-34(33)35(27)28/h2-5,7-10,12-17,24H,1,6,11,18-23H2. The van der Waals surface area contributed by atoms with E-state index in [1.54, 1.807) is 5.57 Å². The Kier molecular flexibility index (Phi) is 6.47. The Labute approximate surface area is 235 Å². The second-order valence-electron chi connectivity index (χ2n) is 11.2. The minimum Gasteiger partial charge on any atom is -0.368 e. The van der Waals surface area contributed by atoms with Crippen molar-refractivity contribution in [3.63, 3.8) is 0 Å². The van der Waals surface area contributed by atoms with Gasteiger partial charge in [-0.25, -0.2) is 4.39 Å². The summed E-state index contributed by atoms with van der Waals surface area (Å²) in [5, 5.41) is 2.69. The summed E-state index contributed by atoms with van der Waals surface area (Å²) in [5.74, 6) is -0.145. The molecule has 0 saturated carbocycles. The number of hydrogen-bond acceptors (Lipinski definition) is 2. The van der Waals surface area contributed by atoms with Crippen LogP contribution in [0, 0.1) is 5.82 Å². The highest BCUT2D eigenvalue weighted by Gasteiger charge is 2.24. The smallest absolute Gasteiger partial charge is 0.253 e. The van der Waals surface area contributed by atoms with Crippen LogP contribution < -0.4 is 4.90 Å². The average Bonchev–Trinajstić information content (AvgIpc) is 3.01. The van der Waals surface area contributed by atoms with Gasteiger partial charge in [-0.3, -0.25) is 4.79 Å². The number of amides is 1. The number of hydrogen-bond donors (Lipinski definition) is 0. The second-order valence-corrected chi connectivity index (χ2v) is 11.2. The third kappa shape index (κ3) is 4.62. The monoisotopic (exact) mass is 528 g/mol. The Morgan fingerprint density at radius 2 is 1.65 bits per heavy atom. The molecule has 0 atom stereocenters. The molecule has 40 heavy (non-hydrogen) atoms. The fourth-order valence-electron chi connectivity index (χ4n) is 6.76. The van der Waals surface area contributed by atoms with Gasteiger partial charge in [-0.05, 0) is 107 Å². The SMILES string of the molecule is O=C(c1cccc(Cc2cccc3ccc4c(c23)CCC2=C4C=CCC2)c1)N1CCN(c2ccc(F)cc2)CC1. The molecule has 4 heteroatoms. The third-order valence-corrected chi connectivity index (χ3v) is 8.81. The first kappa shape index (κ1) is 24.8. The number of allylic oxidation sites excluding steroid dienone is 4. The summed E-state index contributed by atoms with van der Waals surface area (Å²) in [6.07, 6.45) is 10.0. The molecule has 1 heterocycles. The molecule has 3 nitrogen and oxygen atoms in total. The molecular weight excluding hydrogens is 495 g/mol. The topological polar surface area (TPSA) is 23.6 Å². The van der Waals surface area contributed by atoms with Crippen LogP contribution >= 0.6 is 0 Å². The van der Waals surface area contributed by atoms with Crippen molar-refractivity contribution in [2.24, 2.45) is 0 Å². The largest absolute Gasteiger partial charge is 0.368 e. The third-order valence-electron chi connectivity index (χ3n) is 8.81. The first-order valence-corrected chi connectivity index (χ1v) is 14.5. The number of anilines is 1. The van der Waals surface area contributed by atoms with Gasteiger partial charge in [0.05, 0.1) is 0 Å². The predicted molar refractivity (Wildman–Crippen MR) is 161 cm³/mol. The molecular formula is C36H33FN2O. The maximum absolute atomic E-state index is 13.5. The quantitative estimate of drug-likeness (QED) is 0.273. The Morgan fingerprint density at radius 3 is 2.50 bits per heavy atom. The highest BCUT2D eigenvalue weighted by Crippen LogP contribution is 2.41. The Bertz CT molecular complexity index is 1660. The number of aryl methyl sites for hydroxylation is 1. The van der Waals surface area contributed by atoms with E-state index in [0.29, 0.717) is 13.1 Å². The zero-order chi connectivity index (χ0) is 27.1. The lowest BCUT2D eigenvalue weighted by molar-refractivity contribution is 0.0746. The molecule has 1 aliphatic heterocycles. The summed E-state index contributed by atoms with van der Waals surface area (Å²) in [6.45, 7) is 2.79. The lowest BCUT2D eigenvalue weighted by Crippen LogP contribution is -2.48. The molecule has 1 saturated heterocycles. The van der Waals surface area contributed by atoms with Gasteiger partial charge >= 0.3 is 0 Å². The molecule has 4 aromatic rings. The van der Waals surface area contributed by atoms with Gasteiger partial charge in [-0.2, -0.15) is 0 Å². The summed E-state index contributed by atoms with van der Waals surface area (Å²) in [7, 11) is 0. The minimum absolute atomic E-state index is 0.0828. The molecule has 0 radical (unpaired) electrons. The normalized spacial score (nSPS) is 16.7. The van der Waals surface area contributed by atoms with E-state index >= 15 is 0 Å². The molecule has 0 aromatic heterocycles. The van der Waals surface area contributed by atoms with Crippen molar-refractivity contribution in [1.29, 1.82) is 0 Å². The van der Waals surface area contributed by atoms with Gasteiger partial charge in [0.1, 0.15) is 5.82 Å². The number of fused-ring (bicyclic) bond motifs is 4. The lowest BCUT2D eigenvalue weighted by Gasteiger charge is -2.36. The van der Waals surface area contributed by atoms with Crippen molar-refractivity contribution in [3.05, 3.63) is 130 Å². The summed E-state index contributed by atoms with van der Waals surface area (Å²) in [4.78, 5) is 17.6. The highest BCUT2D eigenvalue weighted by atomic mass is 19.1. The van der Waals surface area contributed by atoms with E-state index < -0.39 is 0 Å². The van der Waals surface area contributed by atoms with Crippen LogP contribution in [0.15, 0.2) is 96.6 Å². The highest BCUT2D eigenvalue weighted by molar-refractivity contribution is 5.96. The van der Waals surface area contributed by atoms with Gasteiger partial charge in [0, 0.05) is 37.4 Å². The Morgan fingerprint density at radius 1 is 0.825 bits per heavy atom. The van der Waals surface area contributed by atoms with Crippen molar-refractivity contribution < 1.29 is 9.18 Å². The van der Waals surface area contributed by atoms with E-state index in [2.05, 4.69) is 59.5 Å². The average molecular weight is 529 g/mol. The van der Waals surface area contributed by atoms with Gasteiger partial charge in [0.15, 0.2) is 0 Å². The summed E-state index contributed by atoms with van der Waals surface area (Å²) in [6, 6.07) is 26.0. The minimum atomic E-state index is -0.228. The van der Waals surface area contributed by atoms with Crippen LogP contribution in [0.1, 0.15) is 51.9 Å². The van der Waals surface area contributed by atoms with Gasteiger partial charge in [-0.15, -0.1) is 0 Å².